The summed E-state index contributed by atoms with van der Waals surface area (Å²) in [4.78, 5) is 17.8. The molecule has 1 aliphatic carbocycles. The lowest BCUT2D eigenvalue weighted by Crippen LogP contribution is -2.46. The first-order chi connectivity index (χ1) is 13.1. The van der Waals surface area contributed by atoms with Crippen molar-refractivity contribution in [1.29, 1.82) is 0 Å². The number of piperazine rings is 1. The molecule has 0 bridgehead atoms. The Labute approximate surface area is 172 Å². The van der Waals surface area contributed by atoms with Crippen LogP contribution in [0.3, 0.4) is 0 Å². The van der Waals surface area contributed by atoms with Crippen LogP contribution in [-0.2, 0) is 6.42 Å². The number of allylic oxidation sites excluding steroid dienone is 1. The molecule has 0 N–H and O–H groups in total. The van der Waals surface area contributed by atoms with Gasteiger partial charge in [-0.15, -0.1) is 12.4 Å². The maximum absolute atomic E-state index is 13.4. The predicted molar refractivity (Wildman–Crippen MR) is 115 cm³/mol. The summed E-state index contributed by atoms with van der Waals surface area (Å²) in [5.74, 6) is -0.205. The molecule has 0 atom stereocenters. The number of carbonyl (C=O) groups excluding carboxylic acids is 1. The topological polar surface area (TPSA) is 23.6 Å². The van der Waals surface area contributed by atoms with E-state index in [0.717, 1.165) is 61.4 Å². The Morgan fingerprint density at radius 1 is 1.04 bits per heavy atom. The molecule has 0 aromatic heterocycles. The Morgan fingerprint density at radius 2 is 1.82 bits per heavy atom. The maximum Gasteiger partial charge on any atom is 0.189 e. The highest BCUT2D eigenvalue weighted by molar-refractivity contribution is 6.13. The second-order valence-corrected chi connectivity index (χ2v) is 7.32. The minimum atomic E-state index is -0.277. The van der Waals surface area contributed by atoms with Crippen LogP contribution in [0.2, 0.25) is 0 Å². The molecule has 1 fully saturated rings. The van der Waals surface area contributed by atoms with Crippen LogP contribution in [0.15, 0.2) is 48.0 Å². The number of rotatable bonds is 3. The minimum absolute atomic E-state index is 0. The van der Waals surface area contributed by atoms with E-state index in [1.807, 2.05) is 18.2 Å². The van der Waals surface area contributed by atoms with Crippen molar-refractivity contribution in [2.75, 3.05) is 37.6 Å². The predicted octanol–water partition coefficient (Wildman–Crippen LogP) is 4.60. The molecule has 0 saturated carbocycles. The molecule has 1 aliphatic heterocycles. The van der Waals surface area contributed by atoms with Gasteiger partial charge >= 0.3 is 0 Å². The number of halogens is 2. The number of anilines is 1. The summed E-state index contributed by atoms with van der Waals surface area (Å²) in [5.41, 5.74) is 4.64. The molecule has 1 saturated heterocycles. The summed E-state index contributed by atoms with van der Waals surface area (Å²) < 4.78 is 13.4. The minimum Gasteiger partial charge on any atom is -0.369 e. The summed E-state index contributed by atoms with van der Waals surface area (Å²) in [6, 6.07) is 12.6. The zero-order valence-corrected chi connectivity index (χ0v) is 17.0. The van der Waals surface area contributed by atoms with Crippen molar-refractivity contribution in [2.24, 2.45) is 0 Å². The first kappa shape index (κ1) is 20.6. The molecular weight excluding hydrogens is 375 g/mol. The van der Waals surface area contributed by atoms with Crippen LogP contribution in [0.5, 0.6) is 0 Å². The lowest BCUT2D eigenvalue weighted by molar-refractivity contribution is 0.102. The van der Waals surface area contributed by atoms with E-state index in [0.29, 0.717) is 6.42 Å². The summed E-state index contributed by atoms with van der Waals surface area (Å²) >= 11 is 0. The van der Waals surface area contributed by atoms with E-state index in [1.54, 1.807) is 6.07 Å². The van der Waals surface area contributed by atoms with Crippen LogP contribution in [-0.4, -0.2) is 43.4 Å². The highest BCUT2D eigenvalue weighted by atomic mass is 35.5. The van der Waals surface area contributed by atoms with E-state index in [4.69, 9.17) is 0 Å². The van der Waals surface area contributed by atoms with Crippen LogP contribution < -0.4 is 4.90 Å². The van der Waals surface area contributed by atoms with Gasteiger partial charge in [0.05, 0.1) is 0 Å². The van der Waals surface area contributed by atoms with Gasteiger partial charge in [0.2, 0.25) is 0 Å². The van der Waals surface area contributed by atoms with E-state index >= 15 is 0 Å². The second kappa shape index (κ2) is 8.89. The summed E-state index contributed by atoms with van der Waals surface area (Å²) in [7, 11) is 0. The van der Waals surface area contributed by atoms with Crippen molar-refractivity contribution >= 4 is 30.0 Å². The quantitative estimate of drug-likeness (QED) is 0.703. The molecule has 4 rings (SSSR count). The van der Waals surface area contributed by atoms with Crippen LogP contribution in [0, 0.1) is 5.82 Å². The van der Waals surface area contributed by atoms with Crippen molar-refractivity contribution in [3.05, 3.63) is 70.5 Å². The normalized spacial score (nSPS) is 18.7. The number of benzene rings is 2. The van der Waals surface area contributed by atoms with Gasteiger partial charge < -0.3 is 9.80 Å². The molecule has 1 heterocycles. The van der Waals surface area contributed by atoms with Gasteiger partial charge in [-0.05, 0) is 66.9 Å². The smallest absolute Gasteiger partial charge is 0.189 e. The van der Waals surface area contributed by atoms with Crippen LogP contribution in [0.25, 0.3) is 6.08 Å². The molecule has 0 amide bonds. The molecule has 2 aromatic rings. The number of nitrogens with zero attached hydrogens (tertiary/aromatic N) is 2. The van der Waals surface area contributed by atoms with E-state index in [1.165, 1.54) is 17.8 Å². The maximum atomic E-state index is 13.4. The molecule has 148 valence electrons. The molecule has 0 spiro atoms. The molecule has 0 radical (unpaired) electrons. The number of carbonyl (C=O) groups is 1. The van der Waals surface area contributed by atoms with E-state index in [2.05, 4.69) is 28.9 Å². The lowest BCUT2D eigenvalue weighted by atomic mass is 9.85. The third-order valence-electron chi connectivity index (χ3n) is 5.66. The number of hydrogen-bond acceptors (Lipinski definition) is 3. The molecule has 3 nitrogen and oxygen atoms in total. The molecule has 2 aliphatic rings. The largest absolute Gasteiger partial charge is 0.369 e. The van der Waals surface area contributed by atoms with Gasteiger partial charge in [0.15, 0.2) is 5.78 Å². The second-order valence-electron chi connectivity index (χ2n) is 7.32. The first-order valence-electron chi connectivity index (χ1n) is 9.75. The third kappa shape index (κ3) is 4.29. The highest BCUT2D eigenvalue weighted by Crippen LogP contribution is 2.30. The molecule has 2 aromatic carbocycles. The van der Waals surface area contributed by atoms with Crippen LogP contribution >= 0.6 is 12.4 Å². The Hall–Kier alpha value is -2.17. The van der Waals surface area contributed by atoms with E-state index in [-0.39, 0.29) is 24.0 Å². The monoisotopic (exact) mass is 400 g/mol. The molecule has 5 heteroatoms. The van der Waals surface area contributed by atoms with Crippen molar-refractivity contribution in [2.45, 2.75) is 19.8 Å². The van der Waals surface area contributed by atoms with Crippen LogP contribution in [0.4, 0.5) is 10.1 Å². The van der Waals surface area contributed by atoms with Crippen molar-refractivity contribution in [3.63, 3.8) is 0 Å². The fraction of sp³-hybridized carbons (Fsp3) is 0.348. The van der Waals surface area contributed by atoms with Gasteiger partial charge in [0.25, 0.3) is 0 Å². The van der Waals surface area contributed by atoms with Gasteiger partial charge in [-0.25, -0.2) is 4.39 Å². The van der Waals surface area contributed by atoms with Crippen molar-refractivity contribution in [3.8, 4) is 0 Å². The Kier molecular flexibility index (Phi) is 6.53. The number of hydrogen-bond donors (Lipinski definition) is 0. The van der Waals surface area contributed by atoms with Crippen LogP contribution in [0.1, 0.15) is 34.8 Å². The average molecular weight is 401 g/mol. The van der Waals surface area contributed by atoms with E-state index < -0.39 is 0 Å². The average Bonchev–Trinajstić information content (AvgIpc) is 2.70. The SMILES string of the molecule is CCN1CCN(c2ccc3c(c2)CC/C(=C\c2cccc(F)c2)C3=O)CC1.Cl. The molecule has 0 unspecified atom stereocenters. The van der Waals surface area contributed by atoms with Gasteiger partial charge in [0, 0.05) is 43.0 Å². The number of fused-ring (bicyclic) bond motifs is 1. The Bertz CT molecular complexity index is 888. The summed E-state index contributed by atoms with van der Waals surface area (Å²) in [5, 5.41) is 0. The van der Waals surface area contributed by atoms with Gasteiger partial charge in [-0.3, -0.25) is 4.79 Å². The summed E-state index contributed by atoms with van der Waals surface area (Å²) in [6.07, 6.45) is 3.38. The number of ketones is 1. The fourth-order valence-electron chi connectivity index (χ4n) is 4.02. The van der Waals surface area contributed by atoms with E-state index in [9.17, 15) is 9.18 Å². The van der Waals surface area contributed by atoms with Crippen molar-refractivity contribution in [1.82, 2.24) is 4.90 Å². The Morgan fingerprint density at radius 3 is 2.54 bits per heavy atom. The highest BCUT2D eigenvalue weighted by Gasteiger charge is 2.24. The first-order valence-corrected chi connectivity index (χ1v) is 9.75. The standard InChI is InChI=1S/C23H25FN2O.ClH/c1-2-25-10-12-26(13-11-25)21-8-9-22-18(16-21)6-7-19(23(22)27)14-17-4-3-5-20(24)15-17;/h3-5,8-9,14-16H,2,6-7,10-13H2,1H3;1H/b19-14+;. The fourth-order valence-corrected chi connectivity index (χ4v) is 4.02. The zero-order chi connectivity index (χ0) is 18.8. The van der Waals surface area contributed by atoms with Gasteiger partial charge in [-0.2, -0.15) is 0 Å². The van der Waals surface area contributed by atoms with Gasteiger partial charge in [-0.1, -0.05) is 19.1 Å². The Balaban J connectivity index is 0.00000225. The number of likely N-dealkylation sites (N-methyl/N-ethyl adjacent to an activating group) is 1. The van der Waals surface area contributed by atoms with Crippen molar-refractivity contribution < 1.29 is 9.18 Å². The number of Topliss-reactive ketones (excluding diaryl/α,β-unsaturated/α-hetero) is 1. The molecular formula is C23H26ClFN2O. The number of aryl methyl sites for hydroxylation is 1. The molecule has 28 heavy (non-hydrogen) atoms. The van der Waals surface area contributed by atoms with Gasteiger partial charge in [0.1, 0.15) is 5.82 Å². The third-order valence-corrected chi connectivity index (χ3v) is 5.66. The summed E-state index contributed by atoms with van der Waals surface area (Å²) in [6.45, 7) is 7.55. The lowest BCUT2D eigenvalue weighted by Gasteiger charge is -2.36. The zero-order valence-electron chi connectivity index (χ0n) is 16.2.